The topological polar surface area (TPSA) is 54.3 Å². The van der Waals surface area contributed by atoms with Crippen molar-refractivity contribution in [1.82, 2.24) is 24.6 Å². The van der Waals surface area contributed by atoms with E-state index in [-0.39, 0.29) is 11.2 Å². The van der Waals surface area contributed by atoms with Crippen molar-refractivity contribution in [3.8, 4) is 0 Å². The molecule has 1 aromatic heterocycles. The molecular formula is C18H25N5OS. The predicted octanol–water partition coefficient (Wildman–Crippen LogP) is 1.95. The van der Waals surface area contributed by atoms with Crippen LogP contribution in [0.15, 0.2) is 35.5 Å². The fraction of sp³-hybridized carbons (Fsp3) is 0.500. The van der Waals surface area contributed by atoms with Crippen molar-refractivity contribution in [3.63, 3.8) is 0 Å². The molecular weight excluding hydrogens is 334 g/mol. The molecule has 0 N–H and O–H groups in total. The van der Waals surface area contributed by atoms with Crippen LogP contribution in [0.4, 0.5) is 0 Å². The van der Waals surface area contributed by atoms with Gasteiger partial charge < -0.3 is 9.47 Å². The van der Waals surface area contributed by atoms with E-state index in [0.29, 0.717) is 0 Å². The maximum atomic E-state index is 12.7. The Balaban J connectivity index is 1.50. The molecule has 1 amide bonds. The third-order valence-corrected chi connectivity index (χ3v) is 5.74. The largest absolute Gasteiger partial charge is 0.339 e. The Morgan fingerprint density at radius 1 is 1.16 bits per heavy atom. The number of carbonyl (C=O) groups is 1. The summed E-state index contributed by atoms with van der Waals surface area (Å²) in [5, 5.41) is 8.83. The summed E-state index contributed by atoms with van der Waals surface area (Å²) in [5.41, 5.74) is 1.32. The molecule has 2 aromatic rings. The number of carbonyl (C=O) groups excluding carboxylic acids is 1. The van der Waals surface area contributed by atoms with Crippen LogP contribution in [0.3, 0.4) is 0 Å². The van der Waals surface area contributed by atoms with Gasteiger partial charge in [-0.2, -0.15) is 0 Å². The zero-order chi connectivity index (χ0) is 17.8. The van der Waals surface area contributed by atoms with Gasteiger partial charge in [-0.25, -0.2) is 0 Å². The minimum absolute atomic E-state index is 0.150. The summed E-state index contributed by atoms with van der Waals surface area (Å²) in [6.07, 6.45) is 0. The third kappa shape index (κ3) is 4.41. The smallest absolute Gasteiger partial charge is 0.235 e. The molecule has 1 saturated heterocycles. The average molecular weight is 359 g/mol. The number of hydrogen-bond acceptors (Lipinski definition) is 5. The van der Waals surface area contributed by atoms with Crippen LogP contribution >= 0.6 is 11.8 Å². The van der Waals surface area contributed by atoms with Crippen molar-refractivity contribution < 1.29 is 4.79 Å². The monoisotopic (exact) mass is 359 g/mol. The second-order valence-corrected chi connectivity index (χ2v) is 7.74. The Hall–Kier alpha value is -1.86. The highest BCUT2D eigenvalue weighted by atomic mass is 32.2. The molecule has 0 unspecified atom stereocenters. The first-order chi connectivity index (χ1) is 12.0. The summed E-state index contributed by atoms with van der Waals surface area (Å²) in [4.78, 5) is 17.1. The number of aromatic nitrogens is 3. The molecule has 134 valence electrons. The zero-order valence-corrected chi connectivity index (χ0v) is 15.9. The molecule has 0 radical (unpaired) electrons. The molecule has 7 heteroatoms. The Morgan fingerprint density at radius 2 is 1.84 bits per heavy atom. The van der Waals surface area contributed by atoms with Gasteiger partial charge in [0.1, 0.15) is 5.82 Å². The lowest BCUT2D eigenvalue weighted by atomic mass is 10.2. The molecule has 2 heterocycles. The van der Waals surface area contributed by atoms with Crippen molar-refractivity contribution >= 4 is 17.7 Å². The van der Waals surface area contributed by atoms with Gasteiger partial charge in [0, 0.05) is 39.8 Å². The molecule has 1 aromatic carbocycles. The second-order valence-electron chi connectivity index (χ2n) is 6.44. The molecule has 1 fully saturated rings. The number of nitrogens with zero attached hydrogens (tertiary/aromatic N) is 5. The van der Waals surface area contributed by atoms with Gasteiger partial charge in [-0.3, -0.25) is 9.69 Å². The number of rotatable bonds is 5. The fourth-order valence-electron chi connectivity index (χ4n) is 2.92. The maximum Gasteiger partial charge on any atom is 0.235 e. The first-order valence-corrected chi connectivity index (χ1v) is 9.50. The van der Waals surface area contributed by atoms with E-state index >= 15 is 0 Å². The Bertz CT molecular complexity index is 710. The molecule has 6 nitrogen and oxygen atoms in total. The van der Waals surface area contributed by atoms with Crippen LogP contribution in [0.1, 0.15) is 18.3 Å². The first kappa shape index (κ1) is 17.9. The highest BCUT2D eigenvalue weighted by Gasteiger charge is 2.26. The van der Waals surface area contributed by atoms with E-state index in [0.717, 1.165) is 43.7 Å². The molecule has 1 aliphatic heterocycles. The Morgan fingerprint density at radius 3 is 2.44 bits per heavy atom. The van der Waals surface area contributed by atoms with Gasteiger partial charge in [-0.05, 0) is 19.4 Å². The van der Waals surface area contributed by atoms with Crippen LogP contribution in [0, 0.1) is 6.92 Å². The quantitative estimate of drug-likeness (QED) is 0.764. The molecule has 0 saturated carbocycles. The summed E-state index contributed by atoms with van der Waals surface area (Å²) >= 11 is 1.48. The highest BCUT2D eigenvalue weighted by molar-refractivity contribution is 8.00. The average Bonchev–Trinajstić information content (AvgIpc) is 2.94. The van der Waals surface area contributed by atoms with E-state index in [1.54, 1.807) is 0 Å². The minimum Gasteiger partial charge on any atom is -0.339 e. The number of thioether (sulfide) groups is 1. The van der Waals surface area contributed by atoms with Gasteiger partial charge in [0.2, 0.25) is 5.91 Å². The fourth-order valence-corrected chi connectivity index (χ4v) is 3.87. The Labute approximate surface area is 153 Å². The molecule has 0 aliphatic carbocycles. The van der Waals surface area contributed by atoms with E-state index in [9.17, 15) is 4.79 Å². The minimum atomic E-state index is -0.150. The molecule has 1 aliphatic rings. The summed E-state index contributed by atoms with van der Waals surface area (Å²) < 4.78 is 1.92. The van der Waals surface area contributed by atoms with Crippen LogP contribution < -0.4 is 0 Å². The first-order valence-electron chi connectivity index (χ1n) is 8.62. The van der Waals surface area contributed by atoms with Crippen molar-refractivity contribution in [1.29, 1.82) is 0 Å². The SMILES string of the molecule is Cc1nnc(S[C@@H](C)C(=O)N2CCN(Cc3ccccc3)CC2)n1C. The normalized spacial score (nSPS) is 16.8. The number of amides is 1. The van der Waals surface area contributed by atoms with E-state index < -0.39 is 0 Å². The van der Waals surface area contributed by atoms with Gasteiger partial charge in [-0.15, -0.1) is 10.2 Å². The van der Waals surface area contributed by atoms with E-state index in [1.807, 2.05) is 36.4 Å². The zero-order valence-electron chi connectivity index (χ0n) is 15.1. The van der Waals surface area contributed by atoms with Crippen LogP contribution in [0.2, 0.25) is 0 Å². The third-order valence-electron chi connectivity index (χ3n) is 4.62. The van der Waals surface area contributed by atoms with Gasteiger partial charge >= 0.3 is 0 Å². The molecule has 1 atom stereocenters. The molecule has 0 bridgehead atoms. The lowest BCUT2D eigenvalue weighted by Gasteiger charge is -2.35. The Kier molecular flexibility index (Phi) is 5.75. The van der Waals surface area contributed by atoms with Crippen LogP contribution in [0.25, 0.3) is 0 Å². The summed E-state index contributed by atoms with van der Waals surface area (Å²) in [6, 6.07) is 10.5. The van der Waals surface area contributed by atoms with E-state index in [1.165, 1.54) is 17.3 Å². The van der Waals surface area contributed by atoms with Crippen molar-refractivity contribution in [2.45, 2.75) is 30.8 Å². The summed E-state index contributed by atoms with van der Waals surface area (Å²) in [7, 11) is 1.93. The summed E-state index contributed by atoms with van der Waals surface area (Å²) in [6.45, 7) is 8.22. The number of hydrogen-bond donors (Lipinski definition) is 0. The van der Waals surface area contributed by atoms with Crippen LogP contribution in [-0.4, -0.2) is 61.9 Å². The van der Waals surface area contributed by atoms with E-state index in [4.69, 9.17) is 0 Å². The van der Waals surface area contributed by atoms with Gasteiger partial charge in [-0.1, -0.05) is 42.1 Å². The number of aryl methyl sites for hydroxylation is 1. The lowest BCUT2D eigenvalue weighted by molar-refractivity contribution is -0.132. The molecule has 3 rings (SSSR count). The van der Waals surface area contributed by atoms with Gasteiger partial charge in [0.25, 0.3) is 0 Å². The second kappa shape index (κ2) is 8.01. The highest BCUT2D eigenvalue weighted by Crippen LogP contribution is 2.23. The molecule has 0 spiro atoms. The van der Waals surface area contributed by atoms with Crippen molar-refractivity contribution in [2.24, 2.45) is 7.05 Å². The molecule has 25 heavy (non-hydrogen) atoms. The van der Waals surface area contributed by atoms with Gasteiger partial charge in [0.05, 0.1) is 5.25 Å². The van der Waals surface area contributed by atoms with Crippen LogP contribution in [-0.2, 0) is 18.4 Å². The maximum absolute atomic E-state index is 12.7. The number of piperazine rings is 1. The van der Waals surface area contributed by atoms with Gasteiger partial charge in [0.15, 0.2) is 5.16 Å². The van der Waals surface area contributed by atoms with Crippen LogP contribution in [0.5, 0.6) is 0 Å². The number of benzene rings is 1. The van der Waals surface area contributed by atoms with Crippen molar-refractivity contribution in [2.75, 3.05) is 26.2 Å². The van der Waals surface area contributed by atoms with E-state index in [2.05, 4.69) is 39.4 Å². The standard InChI is InChI=1S/C18H25N5OS/c1-14(25-18-20-19-15(2)21(18)3)17(24)23-11-9-22(10-12-23)13-16-7-5-4-6-8-16/h4-8,14H,9-13H2,1-3H3/t14-/m0/s1. The predicted molar refractivity (Wildman–Crippen MR) is 99.4 cm³/mol. The van der Waals surface area contributed by atoms with Crippen molar-refractivity contribution in [3.05, 3.63) is 41.7 Å². The lowest BCUT2D eigenvalue weighted by Crippen LogP contribution is -2.50. The summed E-state index contributed by atoms with van der Waals surface area (Å²) in [5.74, 6) is 1.04.